The standard InChI is InChI=1S/C27H22ClN7O16S5.4Na/c28-25-31-26(29-14-5-7-15(8-6-14)52(37,38)12-11-51-56(48,49)50)33-27(32-25)30-18-9-10-19(53(39,40)41)16-13-21(55(45,46)47)23(24(36)22(16)18)35-34-17-3-1-2-4-20(17)54(42,43)44;;;;/h1-10,13,36H,11-12H2,(H,39,40,41)(H,42,43,44)(H,45,46,47)(H,48,49,50)(H2,29,30,31,32,33);;;;/q;4*+1/p-4. The first-order chi connectivity index (χ1) is 25.8. The van der Waals surface area contributed by atoms with Crippen LogP contribution < -0.4 is 134 Å². The molecule has 33 heteroatoms. The summed E-state index contributed by atoms with van der Waals surface area (Å²) in [5, 5.41) is 23.9. The number of anilines is 4. The summed E-state index contributed by atoms with van der Waals surface area (Å²) >= 11 is 6.05. The minimum absolute atomic E-state index is 0. The van der Waals surface area contributed by atoms with E-state index in [1.807, 2.05) is 0 Å². The summed E-state index contributed by atoms with van der Waals surface area (Å²) in [7, 11) is -25.3. The zero-order valence-corrected chi connectivity index (χ0v) is 43.8. The normalized spacial score (nSPS) is 12.1. The smallest absolute Gasteiger partial charge is 0.870 e. The van der Waals surface area contributed by atoms with E-state index in [9.17, 15) is 60.9 Å². The Morgan fingerprint density at radius 1 is 0.683 bits per heavy atom. The van der Waals surface area contributed by atoms with Gasteiger partial charge in [-0.15, -0.1) is 10.2 Å². The quantitative estimate of drug-likeness (QED) is 0.0528. The van der Waals surface area contributed by atoms with Crippen LogP contribution in [0.5, 0.6) is 5.75 Å². The molecule has 0 radical (unpaired) electrons. The van der Waals surface area contributed by atoms with Gasteiger partial charge in [0.2, 0.25) is 17.2 Å². The average Bonchev–Trinajstić information content (AvgIpc) is 3.06. The molecule has 23 nitrogen and oxygen atoms in total. The van der Waals surface area contributed by atoms with E-state index >= 15 is 0 Å². The van der Waals surface area contributed by atoms with E-state index < -0.39 is 122 Å². The predicted octanol–water partition coefficient (Wildman–Crippen LogP) is -10.0. The Morgan fingerprint density at radius 3 is 1.78 bits per heavy atom. The van der Waals surface area contributed by atoms with Crippen LogP contribution in [0.2, 0.25) is 5.28 Å². The zero-order valence-electron chi connectivity index (χ0n) is 31.0. The second-order valence-corrected chi connectivity index (χ2v) is 18.3. The van der Waals surface area contributed by atoms with Gasteiger partial charge in [0.15, 0.2) is 9.84 Å². The van der Waals surface area contributed by atoms with Crippen molar-refractivity contribution in [2.24, 2.45) is 10.2 Å². The van der Waals surface area contributed by atoms with Crippen LogP contribution in [-0.2, 0) is 54.8 Å². The molecule has 0 aliphatic heterocycles. The van der Waals surface area contributed by atoms with Crippen molar-refractivity contribution < 1.29 is 188 Å². The van der Waals surface area contributed by atoms with Crippen LogP contribution in [0.4, 0.5) is 34.6 Å². The SMILES string of the molecule is O=S(=O)(O)OCCS(=O)(=O)c1ccc(Nc2nc(Cl)nc(Nc3ccc(S(=O)(=O)[O-])c4cc(S(=O)(=O)[O-])c(N=Nc5ccccc5S(=O)(=O)[O-])c([O-])c34)n2)cc1.[Na+].[Na+].[Na+].[Na+]. The van der Waals surface area contributed by atoms with E-state index in [4.69, 9.17) is 16.2 Å². The van der Waals surface area contributed by atoms with E-state index in [1.54, 1.807) is 0 Å². The number of rotatable bonds is 14. The molecule has 5 aromatic rings. The number of aromatic nitrogens is 3. The van der Waals surface area contributed by atoms with Crippen LogP contribution >= 0.6 is 11.6 Å². The maximum atomic E-state index is 13.9. The first-order valence-corrected chi connectivity index (χ1v) is 22.0. The first-order valence-electron chi connectivity index (χ1n) is 14.4. The number of azo groups is 1. The van der Waals surface area contributed by atoms with Gasteiger partial charge in [-0.2, -0.15) is 23.4 Å². The van der Waals surface area contributed by atoms with E-state index in [0.717, 1.165) is 36.4 Å². The second kappa shape index (κ2) is 22.3. The molecule has 0 aliphatic rings. The third-order valence-electron chi connectivity index (χ3n) is 7.00. The molecule has 298 valence electrons. The fraction of sp³-hybridized carbons (Fsp3) is 0.0741. The van der Waals surface area contributed by atoms with Gasteiger partial charge in [0, 0.05) is 22.1 Å². The fourth-order valence-electron chi connectivity index (χ4n) is 4.70. The van der Waals surface area contributed by atoms with Crippen LogP contribution in [0.15, 0.2) is 96.5 Å². The monoisotopic (exact) mass is 983 g/mol. The van der Waals surface area contributed by atoms with Gasteiger partial charge in [0.25, 0.3) is 0 Å². The second-order valence-electron chi connectivity index (χ2n) is 10.7. The van der Waals surface area contributed by atoms with Crippen molar-refractivity contribution in [1.29, 1.82) is 0 Å². The van der Waals surface area contributed by atoms with Gasteiger partial charge >= 0.3 is 129 Å². The largest absolute Gasteiger partial charge is 1.00 e. The predicted molar refractivity (Wildman–Crippen MR) is 185 cm³/mol. The summed E-state index contributed by atoms with van der Waals surface area (Å²) in [6, 6.07) is 10.7. The minimum atomic E-state index is -5.72. The fourth-order valence-corrected chi connectivity index (χ4v) is 8.26. The number of fused-ring (bicyclic) bond motifs is 1. The molecule has 0 saturated carbocycles. The van der Waals surface area contributed by atoms with Gasteiger partial charge in [-0.05, 0) is 66.2 Å². The first kappa shape index (κ1) is 57.0. The molecule has 0 saturated heterocycles. The molecular formula is C27H18ClN7Na4O16S5. The minimum Gasteiger partial charge on any atom is -0.870 e. The van der Waals surface area contributed by atoms with Crippen LogP contribution in [0, 0.1) is 0 Å². The number of hydrogen-bond acceptors (Lipinski definition) is 22. The van der Waals surface area contributed by atoms with Gasteiger partial charge in [0.05, 0.1) is 37.6 Å². The molecule has 1 heterocycles. The van der Waals surface area contributed by atoms with Crippen LogP contribution in [0.1, 0.15) is 0 Å². The van der Waals surface area contributed by atoms with E-state index in [0.29, 0.717) is 12.1 Å². The Bertz CT molecular complexity index is 3010. The van der Waals surface area contributed by atoms with Crippen LogP contribution in [0.3, 0.4) is 0 Å². The summed E-state index contributed by atoms with van der Waals surface area (Å²) in [6.07, 6.45) is 0. The molecular weight excluding hydrogens is 966 g/mol. The zero-order chi connectivity index (χ0) is 41.4. The molecule has 0 fully saturated rings. The molecule has 5 rings (SSSR count). The summed E-state index contributed by atoms with van der Waals surface area (Å²) in [4.78, 5) is 7.93. The average molecular weight is 984 g/mol. The van der Waals surface area contributed by atoms with Crippen molar-refractivity contribution in [3.05, 3.63) is 72.0 Å². The van der Waals surface area contributed by atoms with Crippen molar-refractivity contribution in [2.45, 2.75) is 19.6 Å². The molecule has 0 spiro atoms. The Hall–Kier alpha value is -1.01. The maximum absolute atomic E-state index is 13.9. The molecule has 0 aliphatic carbocycles. The summed E-state index contributed by atoms with van der Waals surface area (Å²) < 4.78 is 168. The van der Waals surface area contributed by atoms with Gasteiger partial charge in [-0.25, -0.2) is 37.9 Å². The number of nitrogens with one attached hydrogen (secondary N) is 2. The third kappa shape index (κ3) is 14.8. The summed E-state index contributed by atoms with van der Waals surface area (Å²) in [5.74, 6) is -3.15. The number of halogens is 1. The third-order valence-corrected chi connectivity index (χ3v) is 12.0. The van der Waals surface area contributed by atoms with Crippen molar-refractivity contribution in [1.82, 2.24) is 15.0 Å². The van der Waals surface area contributed by atoms with Crippen molar-refractivity contribution in [3.63, 3.8) is 0 Å². The molecule has 60 heavy (non-hydrogen) atoms. The van der Waals surface area contributed by atoms with Crippen molar-refractivity contribution >= 4 is 108 Å². The number of sulfone groups is 1. The molecule has 0 amide bonds. The topological polar surface area (TPSA) is 380 Å². The van der Waals surface area contributed by atoms with Gasteiger partial charge in [-0.3, -0.25) is 4.55 Å². The maximum Gasteiger partial charge on any atom is 1.00 e. The molecule has 0 atom stereocenters. The van der Waals surface area contributed by atoms with E-state index in [1.165, 1.54) is 18.2 Å². The molecule has 0 bridgehead atoms. The van der Waals surface area contributed by atoms with Crippen molar-refractivity contribution in [3.8, 4) is 5.75 Å². The van der Waals surface area contributed by atoms with E-state index in [2.05, 4.69) is 40.0 Å². The Morgan fingerprint density at radius 2 is 1.23 bits per heavy atom. The molecule has 3 N–H and O–H groups in total. The number of hydrogen-bond donors (Lipinski definition) is 3. The number of benzene rings is 4. The molecule has 1 aromatic heterocycles. The van der Waals surface area contributed by atoms with E-state index in [-0.39, 0.29) is 135 Å². The number of nitrogens with zero attached hydrogens (tertiary/aromatic N) is 5. The Balaban J connectivity index is 0.00000450. The molecule has 4 aromatic carbocycles. The van der Waals surface area contributed by atoms with Crippen molar-refractivity contribution in [2.75, 3.05) is 23.0 Å². The van der Waals surface area contributed by atoms with Gasteiger partial charge < -0.3 is 29.4 Å². The summed E-state index contributed by atoms with van der Waals surface area (Å²) in [6.45, 7) is -0.868. The van der Waals surface area contributed by atoms with Crippen LogP contribution in [-0.4, -0.2) is 87.6 Å². The Labute approximate surface area is 434 Å². The van der Waals surface area contributed by atoms with Gasteiger partial charge in [-0.1, -0.05) is 17.9 Å². The Kier molecular flexibility index (Phi) is 21.1. The van der Waals surface area contributed by atoms with Gasteiger partial charge in [0.1, 0.15) is 36.0 Å². The molecule has 0 unspecified atom stereocenters. The summed E-state index contributed by atoms with van der Waals surface area (Å²) in [5.41, 5.74) is -2.24. The van der Waals surface area contributed by atoms with Crippen LogP contribution in [0.25, 0.3) is 10.8 Å².